The summed E-state index contributed by atoms with van der Waals surface area (Å²) in [6.45, 7) is 108. The summed E-state index contributed by atoms with van der Waals surface area (Å²) in [4.78, 5) is 12.6. The third-order valence-electron chi connectivity index (χ3n) is 33.1. The minimum atomic E-state index is -1.64. The van der Waals surface area contributed by atoms with E-state index in [9.17, 15) is 0 Å². The van der Waals surface area contributed by atoms with E-state index in [-0.39, 0.29) is 0 Å². The topological polar surface area (TPSA) is 43.9 Å². The molecule has 0 bridgehead atoms. The number of fused-ring (bicyclic) bond motifs is 15. The summed E-state index contributed by atoms with van der Waals surface area (Å²) < 4.78 is 14.0. The van der Waals surface area contributed by atoms with Crippen molar-refractivity contribution in [2.75, 3.05) is 0 Å². The molecule has 660 valence electrons. The van der Waals surface area contributed by atoms with Crippen molar-refractivity contribution in [2.24, 2.45) is 7.05 Å². The van der Waals surface area contributed by atoms with Crippen LogP contribution in [0, 0.1) is 318 Å². The molecule has 8 heteroatoms. The van der Waals surface area contributed by atoms with Crippen LogP contribution in [0.4, 0.5) is 0 Å². The summed E-state index contributed by atoms with van der Waals surface area (Å²) in [6, 6.07) is 4.38. The number of benzene rings is 9. The Hall–Kier alpha value is -8.46. The first-order valence-corrected chi connectivity index (χ1v) is 51.9. The molecule has 0 unspecified atom stereocenters. The average Bonchev–Trinajstić information content (AvgIpc) is 1.52. The van der Waals surface area contributed by atoms with E-state index in [1.165, 1.54) is 274 Å². The molecule has 0 aliphatic carbocycles. The number of nitrogens with zero attached hydrogens (tertiary/aromatic N) is 3. The molecule has 0 saturated carbocycles. The van der Waals surface area contributed by atoms with Crippen LogP contribution in [-0.2, 0) is 7.05 Å². The number of rotatable bonds is 0. The van der Waals surface area contributed by atoms with E-state index in [1.54, 1.807) is 51.9 Å². The molecule has 0 atom stereocenters. The molecular weight excluding hydrogens is 1630 g/mol. The molecule has 16 aromatic rings. The standard InChI is InChI=1S/C22H30Si.C21H27N.C20H24S.C20H24Se.C18H20N2.C8H12O.C8H12S/c1-11-13(3)17(7)21-19(15(11)5)20-16(6)12(2)14(4)18(8)22(20)23(21,9)10;1-10-12(3)16(7)20-18(14(10)5)19-15(6)11(2)13(4)17(8)21(19)22(20)9;2*1-9-11(3)15(7)19-17(13(9)5)18-14(6)10(2)12(4)16(8)20(18)21-19;1-9-11(3)15-7-8-16-12(4)10(2)14(6)20-18(16)17(15)19-13(9)5;2*1-5-6(2)8(4)9-7(5)3/h1-10H3;1-9H3;2*1-8H3;7-8H,1-6H3;2*1-4H3. The van der Waals surface area contributed by atoms with E-state index in [0.29, 0.717) is 14.5 Å². The van der Waals surface area contributed by atoms with Gasteiger partial charge in [-0.15, -0.1) is 22.7 Å². The number of hydrogen-bond donors (Lipinski definition) is 0. The van der Waals surface area contributed by atoms with Crippen molar-refractivity contribution in [3.63, 3.8) is 0 Å². The van der Waals surface area contributed by atoms with Crippen molar-refractivity contribution < 1.29 is 4.42 Å². The number of thiophene rings is 2. The molecule has 0 amide bonds. The van der Waals surface area contributed by atoms with Gasteiger partial charge in [0.2, 0.25) is 0 Å². The van der Waals surface area contributed by atoms with E-state index in [0.717, 1.165) is 33.9 Å². The molecule has 9 aromatic carbocycles. The summed E-state index contributed by atoms with van der Waals surface area (Å²) in [5.74, 6) is 2.09. The van der Waals surface area contributed by atoms with Gasteiger partial charge in [-0.3, -0.25) is 9.97 Å². The number of pyridine rings is 2. The zero-order chi connectivity index (χ0) is 93.8. The molecule has 1 aliphatic rings. The van der Waals surface area contributed by atoms with Crippen molar-refractivity contribution in [1.29, 1.82) is 0 Å². The van der Waals surface area contributed by atoms with E-state index >= 15 is 0 Å². The maximum Gasteiger partial charge on any atom is 0.114 e. The van der Waals surface area contributed by atoms with Crippen LogP contribution in [0.15, 0.2) is 16.5 Å². The summed E-state index contributed by atoms with van der Waals surface area (Å²) in [5.41, 5.74) is 68.1. The second-order valence-electron chi connectivity index (χ2n) is 38.8. The van der Waals surface area contributed by atoms with Crippen LogP contribution in [0.2, 0.25) is 13.1 Å². The molecule has 8 heterocycles. The molecule has 4 nitrogen and oxygen atoms in total. The smallest absolute Gasteiger partial charge is 0.114 e. The van der Waals surface area contributed by atoms with Crippen molar-refractivity contribution in [3.8, 4) is 11.1 Å². The Morgan fingerprint density at radius 3 is 0.784 bits per heavy atom. The van der Waals surface area contributed by atoms with Gasteiger partial charge in [-0.2, -0.15) is 0 Å². The van der Waals surface area contributed by atoms with Gasteiger partial charge in [-0.1, -0.05) is 25.2 Å². The monoisotopic (exact) mass is 1780 g/mol. The number of furan rings is 1. The number of aromatic nitrogens is 3. The van der Waals surface area contributed by atoms with Gasteiger partial charge in [0, 0.05) is 69.9 Å². The number of hydrogen-bond acceptors (Lipinski definition) is 5. The van der Waals surface area contributed by atoms with E-state index in [4.69, 9.17) is 14.4 Å². The molecule has 0 N–H and O–H groups in total. The van der Waals surface area contributed by atoms with Crippen molar-refractivity contribution in [2.45, 2.75) is 332 Å². The van der Waals surface area contributed by atoms with Gasteiger partial charge in [0.25, 0.3) is 0 Å². The van der Waals surface area contributed by atoms with Crippen LogP contribution >= 0.6 is 22.7 Å². The van der Waals surface area contributed by atoms with E-state index in [2.05, 4.69) is 341 Å². The fourth-order valence-corrected chi connectivity index (χ4v) is 31.0. The largest absolute Gasteiger partial charge is 0.466 e. The van der Waals surface area contributed by atoms with Crippen LogP contribution in [0.25, 0.3) is 94.2 Å². The minimum Gasteiger partial charge on any atom is -0.466 e. The Balaban J connectivity index is 0.000000145. The van der Waals surface area contributed by atoms with Crippen LogP contribution in [-0.4, -0.2) is 37.1 Å². The average molecular weight is 1780 g/mol. The first kappa shape index (κ1) is 97.2. The Morgan fingerprint density at radius 1 is 0.248 bits per heavy atom. The molecule has 1 aliphatic heterocycles. The van der Waals surface area contributed by atoms with Crippen molar-refractivity contribution in [3.05, 3.63) is 267 Å². The van der Waals surface area contributed by atoms with E-state index in [1.807, 2.05) is 36.5 Å². The fourth-order valence-electron chi connectivity index (χ4n) is 20.8. The predicted octanol–water partition coefficient (Wildman–Crippen LogP) is 32.9. The third-order valence-corrected chi connectivity index (χ3v) is 42.5. The SMILES string of the molecule is Cc1c(C)c(C)c2c([se]c3c(C)c(C)c(C)c(C)c32)c1C.Cc1c(C)c(C)c2c(c1C)-c1c(C)c(C)c(C)c(C)c1[Si]2(C)C.Cc1c(C)c(C)c2c(c1C)c1c(C)c(C)c(C)c(C)c1n2C.Cc1c(C)c(C)c2c(sc3c(C)c(C)c(C)c(C)c32)c1C.Cc1nc2c(ccc3c(C)c(C)c(C)nc32)c(C)c1C.Cc1oc(C)c(C)c1C.Cc1sc(C)c(C)c1C. The Morgan fingerprint density at radius 2 is 0.504 bits per heavy atom. The van der Waals surface area contributed by atoms with Crippen LogP contribution < -0.4 is 10.4 Å². The normalized spacial score (nSPS) is 12.1. The van der Waals surface area contributed by atoms with Gasteiger partial charge < -0.3 is 8.98 Å². The van der Waals surface area contributed by atoms with Crippen LogP contribution in [0.5, 0.6) is 0 Å². The molecule has 125 heavy (non-hydrogen) atoms. The third kappa shape index (κ3) is 15.6. The summed E-state index contributed by atoms with van der Waals surface area (Å²) in [7, 11) is 0.587. The van der Waals surface area contributed by atoms with Gasteiger partial charge in [0.1, 0.15) is 19.6 Å². The number of aryl methyl sites for hydroxylation is 21. The molecule has 0 fully saturated rings. The molecule has 0 spiro atoms. The van der Waals surface area contributed by atoms with Gasteiger partial charge in [0.05, 0.1) is 22.1 Å². The molecular formula is C117H149N3OS2SeSi. The van der Waals surface area contributed by atoms with Crippen LogP contribution in [0.1, 0.15) is 255 Å². The van der Waals surface area contributed by atoms with Gasteiger partial charge in [-0.05, 0) is 463 Å². The molecule has 0 saturated heterocycles. The Kier molecular flexibility index (Phi) is 27.6. The van der Waals surface area contributed by atoms with Gasteiger partial charge in [-0.25, -0.2) is 0 Å². The zero-order valence-electron chi connectivity index (χ0n) is 86.6. The minimum absolute atomic E-state index is 0.464. The molecule has 17 rings (SSSR count). The molecule has 0 radical (unpaired) electrons. The van der Waals surface area contributed by atoms with Crippen molar-refractivity contribution in [1.82, 2.24) is 14.5 Å². The first-order valence-electron chi connectivity index (χ1n) is 45.6. The Labute approximate surface area is 768 Å². The quantitative estimate of drug-likeness (QED) is 0.112. The second-order valence-corrected chi connectivity index (χ2v) is 47.7. The summed E-state index contributed by atoms with van der Waals surface area (Å²) in [5, 5.41) is 14.9. The second kappa shape index (κ2) is 35.5. The van der Waals surface area contributed by atoms with Crippen molar-refractivity contribution >= 4 is 139 Å². The maximum atomic E-state index is 5.34. The maximum absolute atomic E-state index is 5.34. The zero-order valence-corrected chi connectivity index (χ0v) is 91.0. The predicted molar refractivity (Wildman–Crippen MR) is 565 cm³/mol. The first-order chi connectivity index (χ1) is 57.9. The fraction of sp³-hybridized carbons (Fsp3) is 0.419. The van der Waals surface area contributed by atoms with Crippen LogP contribution in [0.3, 0.4) is 0 Å². The van der Waals surface area contributed by atoms with E-state index < -0.39 is 8.07 Å². The summed E-state index contributed by atoms with van der Waals surface area (Å²) in [6.07, 6.45) is 0. The summed E-state index contributed by atoms with van der Waals surface area (Å²) >= 11 is 4.35. The van der Waals surface area contributed by atoms with Gasteiger partial charge >= 0.3 is 134 Å². The van der Waals surface area contributed by atoms with Gasteiger partial charge in [0.15, 0.2) is 0 Å². The Bertz CT molecular complexity index is 6650. The molecule has 7 aromatic heterocycles.